The van der Waals surface area contributed by atoms with Crippen molar-refractivity contribution >= 4 is 27.7 Å². The van der Waals surface area contributed by atoms with Crippen molar-refractivity contribution in [3.63, 3.8) is 0 Å². The average molecular weight is 375 g/mol. The van der Waals surface area contributed by atoms with Gasteiger partial charge in [-0.2, -0.15) is 0 Å². The van der Waals surface area contributed by atoms with Gasteiger partial charge < -0.3 is 4.57 Å². The summed E-state index contributed by atoms with van der Waals surface area (Å²) in [6.07, 6.45) is 2.44. The van der Waals surface area contributed by atoms with Crippen molar-refractivity contribution in [3.05, 3.63) is 84.6 Å². The molecule has 29 heavy (non-hydrogen) atoms. The summed E-state index contributed by atoms with van der Waals surface area (Å²) in [7, 11) is 0. The predicted molar refractivity (Wildman–Crippen MR) is 115 cm³/mol. The second-order valence-corrected chi connectivity index (χ2v) is 7.43. The summed E-state index contributed by atoms with van der Waals surface area (Å²) in [4.78, 5) is 21.8. The molecular weight excluding hydrogens is 358 g/mol. The Morgan fingerprint density at radius 3 is 2.59 bits per heavy atom. The second kappa shape index (κ2) is 6.11. The van der Waals surface area contributed by atoms with Gasteiger partial charge in [0.25, 0.3) is 0 Å². The number of hydrogen-bond acceptors (Lipinski definition) is 3. The average Bonchev–Trinajstić information content (AvgIpc) is 3.16. The Kier molecular flexibility index (Phi) is 3.41. The molecule has 138 valence electrons. The monoisotopic (exact) mass is 375 g/mol. The van der Waals surface area contributed by atoms with E-state index in [9.17, 15) is 4.79 Å². The molecule has 0 fully saturated rings. The lowest BCUT2D eigenvalue weighted by atomic mass is 10.0. The molecule has 3 heterocycles. The van der Waals surface area contributed by atoms with Crippen molar-refractivity contribution in [1.29, 1.82) is 0 Å². The molecule has 0 saturated carbocycles. The summed E-state index contributed by atoms with van der Waals surface area (Å²) < 4.78 is 2.18. The molecule has 2 aromatic heterocycles. The largest absolute Gasteiger partial charge is 0.323 e. The lowest BCUT2D eigenvalue weighted by Crippen LogP contribution is -2.14. The number of nitrogens with zero attached hydrogens (tertiary/aromatic N) is 3. The first-order chi connectivity index (χ1) is 14.3. The maximum absolute atomic E-state index is 12.3. The van der Waals surface area contributed by atoms with Crippen LogP contribution >= 0.6 is 0 Å². The van der Waals surface area contributed by atoms with Gasteiger partial charge in [0.15, 0.2) is 5.78 Å². The molecular formula is C25H17N3O. The maximum Gasteiger partial charge on any atom is 0.166 e. The van der Waals surface area contributed by atoms with Gasteiger partial charge in [-0.15, -0.1) is 0 Å². The van der Waals surface area contributed by atoms with Crippen molar-refractivity contribution in [3.8, 4) is 22.5 Å². The molecule has 0 saturated heterocycles. The first-order valence-corrected chi connectivity index (χ1v) is 9.76. The van der Waals surface area contributed by atoms with Gasteiger partial charge in [-0.3, -0.25) is 9.78 Å². The van der Waals surface area contributed by atoms with E-state index in [0.29, 0.717) is 13.0 Å². The first kappa shape index (κ1) is 16.2. The fourth-order valence-electron chi connectivity index (χ4n) is 4.26. The van der Waals surface area contributed by atoms with E-state index in [1.165, 1.54) is 0 Å². The number of benzene rings is 3. The summed E-state index contributed by atoms with van der Waals surface area (Å²) in [5, 5.41) is 1.13. The number of hydrogen-bond donors (Lipinski definition) is 0. The van der Waals surface area contributed by atoms with Crippen LogP contribution in [0.2, 0.25) is 0 Å². The molecule has 3 aromatic carbocycles. The van der Waals surface area contributed by atoms with Crippen LogP contribution in [0.4, 0.5) is 0 Å². The molecule has 1 aliphatic heterocycles. The van der Waals surface area contributed by atoms with Gasteiger partial charge in [0.1, 0.15) is 5.82 Å². The van der Waals surface area contributed by atoms with Crippen LogP contribution in [0, 0.1) is 0 Å². The van der Waals surface area contributed by atoms with Crippen molar-refractivity contribution in [2.45, 2.75) is 13.0 Å². The Morgan fingerprint density at radius 1 is 0.793 bits per heavy atom. The Balaban J connectivity index is 1.52. The van der Waals surface area contributed by atoms with E-state index in [1.807, 2.05) is 42.6 Å². The van der Waals surface area contributed by atoms with Gasteiger partial charge >= 0.3 is 0 Å². The topological polar surface area (TPSA) is 47.8 Å². The Labute approximate surface area is 167 Å². The van der Waals surface area contributed by atoms with E-state index in [1.54, 1.807) is 0 Å². The van der Waals surface area contributed by atoms with E-state index in [-0.39, 0.29) is 5.78 Å². The van der Waals surface area contributed by atoms with Crippen LogP contribution in [-0.4, -0.2) is 20.3 Å². The number of para-hydroxylation sites is 2. The van der Waals surface area contributed by atoms with Gasteiger partial charge in [-0.25, -0.2) is 4.98 Å². The first-order valence-electron chi connectivity index (χ1n) is 9.76. The molecule has 0 spiro atoms. The summed E-state index contributed by atoms with van der Waals surface area (Å²) in [6.45, 7) is 0.670. The van der Waals surface area contributed by atoms with Crippen LogP contribution < -0.4 is 0 Å². The summed E-state index contributed by atoms with van der Waals surface area (Å²) in [5.41, 5.74) is 6.84. The number of ketones is 1. The normalized spacial score (nSPS) is 13.3. The van der Waals surface area contributed by atoms with Crippen molar-refractivity contribution < 1.29 is 4.79 Å². The quantitative estimate of drug-likeness (QED) is 0.409. The van der Waals surface area contributed by atoms with Crippen molar-refractivity contribution in [2.75, 3.05) is 0 Å². The minimum atomic E-state index is 0.200. The molecule has 4 nitrogen and oxygen atoms in total. The van der Waals surface area contributed by atoms with E-state index in [2.05, 4.69) is 45.9 Å². The predicted octanol–water partition coefficient (Wildman–Crippen LogP) is 5.50. The molecule has 6 rings (SSSR count). The molecule has 1 aliphatic rings. The molecule has 0 N–H and O–H groups in total. The second-order valence-electron chi connectivity index (χ2n) is 7.43. The Hall–Kier alpha value is -3.79. The number of imidazole rings is 1. The molecule has 5 aromatic rings. The number of carbonyl (C=O) groups excluding carboxylic acids is 1. The summed E-state index contributed by atoms with van der Waals surface area (Å²) in [5.74, 6) is 1.11. The number of carbonyl (C=O) groups is 1. The molecule has 0 radical (unpaired) electrons. The molecule has 0 aliphatic carbocycles. The van der Waals surface area contributed by atoms with Gasteiger partial charge in [-0.05, 0) is 35.9 Å². The lowest BCUT2D eigenvalue weighted by molar-refractivity contribution is 0.0973. The van der Waals surface area contributed by atoms with E-state index >= 15 is 0 Å². The van der Waals surface area contributed by atoms with Crippen molar-refractivity contribution in [1.82, 2.24) is 14.5 Å². The van der Waals surface area contributed by atoms with Gasteiger partial charge in [0.05, 0.1) is 16.6 Å². The SMILES string of the molecule is O=C1CCn2c(-c3cccc(-c4cnc5ccccc5c4)c3)nc3cccc1c32. The fourth-order valence-corrected chi connectivity index (χ4v) is 4.26. The van der Waals surface area contributed by atoms with E-state index < -0.39 is 0 Å². The summed E-state index contributed by atoms with van der Waals surface area (Å²) >= 11 is 0. The van der Waals surface area contributed by atoms with Gasteiger partial charge in [0.2, 0.25) is 0 Å². The van der Waals surface area contributed by atoms with Crippen LogP contribution in [0.1, 0.15) is 16.8 Å². The van der Waals surface area contributed by atoms with E-state index in [0.717, 1.165) is 50.0 Å². The smallest absolute Gasteiger partial charge is 0.166 e. The number of rotatable bonds is 2. The van der Waals surface area contributed by atoms with Crippen LogP contribution in [-0.2, 0) is 6.54 Å². The lowest BCUT2D eigenvalue weighted by Gasteiger charge is -2.16. The molecule has 0 unspecified atom stereocenters. The zero-order valence-electron chi connectivity index (χ0n) is 15.7. The van der Waals surface area contributed by atoms with Crippen LogP contribution in [0.25, 0.3) is 44.5 Å². The maximum atomic E-state index is 12.3. The molecule has 0 bridgehead atoms. The minimum Gasteiger partial charge on any atom is -0.323 e. The van der Waals surface area contributed by atoms with Crippen LogP contribution in [0.3, 0.4) is 0 Å². The third kappa shape index (κ3) is 2.49. The Morgan fingerprint density at radius 2 is 1.62 bits per heavy atom. The standard InChI is InChI=1S/C25H17N3O/c29-23-11-12-28-24-20(23)8-4-10-22(24)27-25(28)18-7-3-6-16(13-18)19-14-17-5-1-2-9-21(17)26-15-19/h1-10,13-15H,11-12H2. The molecule has 0 amide bonds. The summed E-state index contributed by atoms with van der Waals surface area (Å²) in [6, 6.07) is 24.5. The number of aryl methyl sites for hydroxylation is 1. The highest BCUT2D eigenvalue weighted by atomic mass is 16.1. The highest BCUT2D eigenvalue weighted by molar-refractivity contribution is 6.08. The highest BCUT2D eigenvalue weighted by Gasteiger charge is 2.23. The number of Topliss-reactive ketones (excluding diaryl/α,β-unsaturated/α-hetero) is 1. The number of aromatic nitrogens is 3. The third-order valence-corrected chi connectivity index (χ3v) is 5.67. The number of fused-ring (bicyclic) bond motifs is 1. The van der Waals surface area contributed by atoms with Gasteiger partial charge in [0, 0.05) is 41.2 Å². The highest BCUT2D eigenvalue weighted by Crippen LogP contribution is 2.33. The third-order valence-electron chi connectivity index (χ3n) is 5.67. The molecule has 4 heteroatoms. The minimum absolute atomic E-state index is 0.200. The van der Waals surface area contributed by atoms with Gasteiger partial charge in [-0.1, -0.05) is 42.5 Å². The number of pyridine rings is 1. The van der Waals surface area contributed by atoms with Crippen LogP contribution in [0.5, 0.6) is 0 Å². The molecule has 0 atom stereocenters. The fraction of sp³-hybridized carbons (Fsp3) is 0.0800. The van der Waals surface area contributed by atoms with Crippen molar-refractivity contribution in [2.24, 2.45) is 0 Å². The zero-order chi connectivity index (χ0) is 19.4. The zero-order valence-corrected chi connectivity index (χ0v) is 15.7. The van der Waals surface area contributed by atoms with Crippen LogP contribution in [0.15, 0.2) is 79.0 Å². The van der Waals surface area contributed by atoms with E-state index in [4.69, 9.17) is 4.98 Å². The Bertz CT molecular complexity index is 1430.